The number of carbonyl (C=O) groups is 1. The largest absolute Gasteiger partial charge is 0.355 e. The first-order valence-corrected chi connectivity index (χ1v) is 9.84. The van der Waals surface area contributed by atoms with Crippen molar-refractivity contribution in [2.24, 2.45) is 5.41 Å². The predicted molar refractivity (Wildman–Crippen MR) is 107 cm³/mol. The van der Waals surface area contributed by atoms with Crippen LogP contribution in [0.2, 0.25) is 0 Å². The van der Waals surface area contributed by atoms with Gasteiger partial charge in [-0.15, -0.1) is 16.8 Å². The predicted octanol–water partition coefficient (Wildman–Crippen LogP) is 3.70. The maximum atomic E-state index is 12.1. The van der Waals surface area contributed by atoms with Gasteiger partial charge in [0.25, 0.3) is 0 Å². The monoisotopic (exact) mass is 372 g/mol. The molecule has 0 radical (unpaired) electrons. The molecular formula is C20H28N4OS. The van der Waals surface area contributed by atoms with E-state index in [9.17, 15) is 4.79 Å². The van der Waals surface area contributed by atoms with E-state index in [4.69, 9.17) is 0 Å². The third-order valence-corrected chi connectivity index (χ3v) is 4.81. The highest BCUT2D eigenvalue weighted by atomic mass is 32.2. The molecule has 1 aromatic heterocycles. The summed E-state index contributed by atoms with van der Waals surface area (Å²) < 4.78 is 2.02. The third-order valence-electron chi connectivity index (χ3n) is 3.84. The average Bonchev–Trinajstić information content (AvgIpc) is 2.95. The number of nitrogens with one attached hydrogen (secondary N) is 1. The van der Waals surface area contributed by atoms with Crippen molar-refractivity contribution in [2.75, 3.05) is 12.3 Å². The van der Waals surface area contributed by atoms with E-state index in [0.717, 1.165) is 17.4 Å². The molecule has 6 heteroatoms. The van der Waals surface area contributed by atoms with Crippen molar-refractivity contribution in [1.82, 2.24) is 20.1 Å². The number of allylic oxidation sites excluding steroid dienone is 1. The summed E-state index contributed by atoms with van der Waals surface area (Å²) in [4.78, 5) is 12.1. The number of hydrogen-bond acceptors (Lipinski definition) is 4. The van der Waals surface area contributed by atoms with Gasteiger partial charge in [-0.2, -0.15) is 0 Å². The van der Waals surface area contributed by atoms with Crippen LogP contribution >= 0.6 is 11.8 Å². The second-order valence-electron chi connectivity index (χ2n) is 7.41. The van der Waals surface area contributed by atoms with Gasteiger partial charge in [0.15, 0.2) is 5.16 Å². The molecule has 0 aliphatic heterocycles. The molecule has 1 aromatic carbocycles. The van der Waals surface area contributed by atoms with Gasteiger partial charge >= 0.3 is 0 Å². The molecule has 0 unspecified atom stereocenters. The fourth-order valence-corrected chi connectivity index (χ4v) is 3.20. The molecule has 1 amide bonds. The first-order valence-electron chi connectivity index (χ1n) is 8.85. The van der Waals surface area contributed by atoms with Gasteiger partial charge in [-0.25, -0.2) is 0 Å². The van der Waals surface area contributed by atoms with Crippen molar-refractivity contribution in [3.05, 3.63) is 54.4 Å². The smallest absolute Gasteiger partial charge is 0.230 e. The van der Waals surface area contributed by atoms with E-state index >= 15 is 0 Å². The molecule has 26 heavy (non-hydrogen) atoms. The van der Waals surface area contributed by atoms with Crippen LogP contribution in [0.4, 0.5) is 0 Å². The summed E-state index contributed by atoms with van der Waals surface area (Å²) >= 11 is 1.41. The molecule has 0 aliphatic rings. The minimum Gasteiger partial charge on any atom is -0.355 e. The molecule has 0 saturated heterocycles. The van der Waals surface area contributed by atoms with Crippen LogP contribution in [-0.4, -0.2) is 33.0 Å². The van der Waals surface area contributed by atoms with Crippen LogP contribution in [0.15, 0.2) is 48.1 Å². The highest BCUT2D eigenvalue weighted by molar-refractivity contribution is 7.99. The number of nitrogens with zero attached hydrogens (tertiary/aromatic N) is 3. The van der Waals surface area contributed by atoms with Crippen molar-refractivity contribution < 1.29 is 4.79 Å². The highest BCUT2D eigenvalue weighted by Crippen LogP contribution is 2.19. The Hall–Kier alpha value is -2.08. The number of thioether (sulfide) groups is 1. The Labute approximate surface area is 160 Å². The van der Waals surface area contributed by atoms with Crippen LogP contribution in [0, 0.1) is 5.41 Å². The van der Waals surface area contributed by atoms with Crippen LogP contribution in [0.1, 0.15) is 38.6 Å². The number of hydrogen-bond donors (Lipinski definition) is 1. The lowest BCUT2D eigenvalue weighted by molar-refractivity contribution is -0.118. The molecule has 0 atom stereocenters. The number of amides is 1. The minimum atomic E-state index is 0.0250. The minimum absolute atomic E-state index is 0.0250. The van der Waals surface area contributed by atoms with E-state index < -0.39 is 0 Å². The van der Waals surface area contributed by atoms with Crippen molar-refractivity contribution in [2.45, 2.75) is 45.3 Å². The van der Waals surface area contributed by atoms with E-state index in [-0.39, 0.29) is 11.3 Å². The summed E-state index contributed by atoms with van der Waals surface area (Å²) in [5.74, 6) is 1.24. The fraction of sp³-hybridized carbons (Fsp3) is 0.450. The zero-order chi connectivity index (χ0) is 19.0. The normalized spacial score (nSPS) is 11.3. The maximum Gasteiger partial charge on any atom is 0.230 e. The van der Waals surface area contributed by atoms with Crippen LogP contribution < -0.4 is 5.32 Å². The van der Waals surface area contributed by atoms with Gasteiger partial charge < -0.3 is 9.88 Å². The van der Waals surface area contributed by atoms with Gasteiger partial charge in [0.1, 0.15) is 5.82 Å². The molecule has 140 valence electrons. The summed E-state index contributed by atoms with van der Waals surface area (Å²) in [6.45, 7) is 11.6. The van der Waals surface area contributed by atoms with Crippen LogP contribution in [-0.2, 0) is 17.8 Å². The number of carbonyl (C=O) groups excluding carboxylic acids is 1. The molecule has 0 aliphatic carbocycles. The molecule has 0 saturated carbocycles. The summed E-state index contributed by atoms with van der Waals surface area (Å²) in [7, 11) is 0. The molecule has 0 bridgehead atoms. The van der Waals surface area contributed by atoms with Crippen molar-refractivity contribution in [1.29, 1.82) is 0 Å². The van der Waals surface area contributed by atoms with Crippen LogP contribution in [0.5, 0.6) is 0 Å². The molecule has 2 aromatic rings. The zero-order valence-corrected chi connectivity index (χ0v) is 16.7. The lowest BCUT2D eigenvalue weighted by atomic mass is 9.92. The van der Waals surface area contributed by atoms with Gasteiger partial charge in [0.2, 0.25) is 5.91 Å². The summed E-state index contributed by atoms with van der Waals surface area (Å²) in [6.07, 6.45) is 3.49. The van der Waals surface area contributed by atoms with Gasteiger partial charge in [0, 0.05) is 19.5 Å². The summed E-state index contributed by atoms with van der Waals surface area (Å²) in [5.41, 5.74) is 1.40. The SMILES string of the molecule is C=CCn1c(Cc2ccccc2)nnc1SCC(=O)NCCC(C)(C)C. The van der Waals surface area contributed by atoms with Crippen molar-refractivity contribution in [3.8, 4) is 0 Å². The standard InChI is InChI=1S/C20H28N4OS/c1-5-13-24-17(14-16-9-7-6-8-10-16)22-23-19(24)26-15-18(25)21-12-11-20(2,3)4/h5-10H,1,11-15H2,2-4H3,(H,21,25). The third kappa shape index (κ3) is 6.67. The molecule has 0 fully saturated rings. The second kappa shape index (κ2) is 9.57. The molecular weight excluding hydrogens is 344 g/mol. The first kappa shape index (κ1) is 20.2. The van der Waals surface area contributed by atoms with Gasteiger partial charge in [-0.05, 0) is 17.4 Å². The van der Waals surface area contributed by atoms with E-state index in [1.165, 1.54) is 17.3 Å². The Morgan fingerprint density at radius 1 is 1.27 bits per heavy atom. The Kier molecular flexibility index (Phi) is 7.45. The van der Waals surface area contributed by atoms with Crippen molar-refractivity contribution in [3.63, 3.8) is 0 Å². The van der Waals surface area contributed by atoms with Gasteiger partial charge in [-0.1, -0.05) is 68.9 Å². The first-order chi connectivity index (χ1) is 12.4. The van der Waals surface area contributed by atoms with E-state index in [1.54, 1.807) is 0 Å². The number of benzene rings is 1. The number of aromatic nitrogens is 3. The topological polar surface area (TPSA) is 59.8 Å². The zero-order valence-electron chi connectivity index (χ0n) is 15.9. The van der Waals surface area contributed by atoms with E-state index in [1.807, 2.05) is 28.8 Å². The lowest BCUT2D eigenvalue weighted by Gasteiger charge is -2.17. The summed E-state index contributed by atoms with van der Waals surface area (Å²) in [6, 6.07) is 10.2. The van der Waals surface area contributed by atoms with Gasteiger partial charge in [-0.3, -0.25) is 4.79 Å². The Morgan fingerprint density at radius 3 is 2.65 bits per heavy atom. The lowest BCUT2D eigenvalue weighted by Crippen LogP contribution is -2.28. The molecule has 1 heterocycles. The fourth-order valence-electron chi connectivity index (χ4n) is 2.41. The Morgan fingerprint density at radius 2 is 2.00 bits per heavy atom. The quantitative estimate of drug-likeness (QED) is 0.539. The maximum absolute atomic E-state index is 12.1. The van der Waals surface area contributed by atoms with Crippen molar-refractivity contribution >= 4 is 17.7 Å². The van der Waals surface area contributed by atoms with E-state index in [0.29, 0.717) is 25.3 Å². The molecule has 2 rings (SSSR count). The number of rotatable bonds is 9. The Balaban J connectivity index is 1.94. The molecule has 0 spiro atoms. The second-order valence-corrected chi connectivity index (χ2v) is 8.35. The van der Waals surface area contributed by atoms with Crippen LogP contribution in [0.3, 0.4) is 0 Å². The highest BCUT2D eigenvalue weighted by Gasteiger charge is 2.15. The molecule has 5 nitrogen and oxygen atoms in total. The average molecular weight is 373 g/mol. The van der Waals surface area contributed by atoms with Crippen LogP contribution in [0.25, 0.3) is 0 Å². The molecule has 1 N–H and O–H groups in total. The van der Waals surface area contributed by atoms with E-state index in [2.05, 4.69) is 55.0 Å². The Bertz CT molecular complexity index is 719. The summed E-state index contributed by atoms with van der Waals surface area (Å²) in [5, 5.41) is 12.3. The van der Waals surface area contributed by atoms with Gasteiger partial charge in [0.05, 0.1) is 5.75 Å².